The number of aromatic amines is 1. The van der Waals surface area contributed by atoms with Crippen molar-refractivity contribution >= 4 is 21.8 Å². The third kappa shape index (κ3) is 2.14. The van der Waals surface area contributed by atoms with E-state index in [4.69, 9.17) is 4.74 Å². The summed E-state index contributed by atoms with van der Waals surface area (Å²) in [4.78, 5) is 14.7. The SMILES string of the molecule is O=C([C@H]1COc2ccc(Br)cc21)N1CCc2[nH]ncc2C1. The van der Waals surface area contributed by atoms with Crippen molar-refractivity contribution in [1.29, 1.82) is 0 Å². The van der Waals surface area contributed by atoms with Crippen LogP contribution in [0.2, 0.25) is 0 Å². The maximum absolute atomic E-state index is 12.8. The first-order valence-corrected chi connectivity index (χ1v) is 7.74. The van der Waals surface area contributed by atoms with Gasteiger partial charge in [-0.05, 0) is 18.2 Å². The lowest BCUT2D eigenvalue weighted by Gasteiger charge is -2.28. The Hall–Kier alpha value is -1.82. The summed E-state index contributed by atoms with van der Waals surface area (Å²) in [6.45, 7) is 1.79. The van der Waals surface area contributed by atoms with Gasteiger partial charge in [0.25, 0.3) is 0 Å². The molecule has 1 atom stereocenters. The molecule has 0 fully saturated rings. The van der Waals surface area contributed by atoms with E-state index in [2.05, 4.69) is 26.1 Å². The van der Waals surface area contributed by atoms with Crippen LogP contribution in [0.1, 0.15) is 22.7 Å². The highest BCUT2D eigenvalue weighted by Crippen LogP contribution is 2.37. The topological polar surface area (TPSA) is 58.2 Å². The first-order chi connectivity index (χ1) is 10.2. The third-order valence-corrected chi connectivity index (χ3v) is 4.66. The molecule has 2 aliphatic rings. The van der Waals surface area contributed by atoms with Gasteiger partial charge in [0.2, 0.25) is 5.91 Å². The number of halogens is 1. The molecule has 1 amide bonds. The van der Waals surface area contributed by atoms with E-state index in [-0.39, 0.29) is 11.8 Å². The zero-order valence-corrected chi connectivity index (χ0v) is 12.9. The number of benzene rings is 1. The number of fused-ring (bicyclic) bond motifs is 2. The maximum atomic E-state index is 12.8. The molecule has 3 heterocycles. The van der Waals surface area contributed by atoms with Gasteiger partial charge in [-0.3, -0.25) is 9.89 Å². The Kier molecular flexibility index (Phi) is 2.99. The average Bonchev–Trinajstić information content (AvgIpc) is 3.11. The Labute approximate surface area is 130 Å². The number of amides is 1. The van der Waals surface area contributed by atoms with E-state index in [9.17, 15) is 4.79 Å². The first kappa shape index (κ1) is 12.9. The molecule has 2 aromatic rings. The van der Waals surface area contributed by atoms with Gasteiger partial charge in [0, 0.05) is 40.8 Å². The lowest BCUT2D eigenvalue weighted by molar-refractivity contribution is -0.134. The van der Waals surface area contributed by atoms with Crippen molar-refractivity contribution in [3.8, 4) is 5.75 Å². The van der Waals surface area contributed by atoms with E-state index in [1.54, 1.807) is 0 Å². The quantitative estimate of drug-likeness (QED) is 0.860. The van der Waals surface area contributed by atoms with Gasteiger partial charge in [0.1, 0.15) is 18.3 Å². The Balaban J connectivity index is 1.59. The van der Waals surface area contributed by atoms with Crippen molar-refractivity contribution in [3.05, 3.63) is 45.7 Å². The van der Waals surface area contributed by atoms with Gasteiger partial charge in [0.05, 0.1) is 6.20 Å². The second-order valence-corrected chi connectivity index (χ2v) is 6.35. The van der Waals surface area contributed by atoms with E-state index in [0.29, 0.717) is 13.2 Å². The normalized spacial score (nSPS) is 19.9. The Bertz CT molecular complexity index is 713. The average molecular weight is 348 g/mol. The monoisotopic (exact) mass is 347 g/mol. The second kappa shape index (κ2) is 4.87. The zero-order valence-electron chi connectivity index (χ0n) is 11.3. The van der Waals surface area contributed by atoms with Crippen LogP contribution in [-0.4, -0.2) is 34.2 Å². The minimum atomic E-state index is -0.203. The molecule has 108 valence electrons. The molecular weight excluding hydrogens is 334 g/mol. The largest absolute Gasteiger partial charge is 0.492 e. The van der Waals surface area contributed by atoms with Crippen molar-refractivity contribution in [2.75, 3.05) is 13.2 Å². The molecule has 4 rings (SSSR count). The van der Waals surface area contributed by atoms with Crippen LogP contribution in [0.25, 0.3) is 0 Å². The summed E-state index contributed by atoms with van der Waals surface area (Å²) < 4.78 is 6.62. The number of nitrogens with zero attached hydrogens (tertiary/aromatic N) is 2. The van der Waals surface area contributed by atoms with Gasteiger partial charge < -0.3 is 9.64 Å². The van der Waals surface area contributed by atoms with Gasteiger partial charge in [-0.1, -0.05) is 15.9 Å². The molecule has 0 saturated carbocycles. The molecule has 0 saturated heterocycles. The number of nitrogens with one attached hydrogen (secondary N) is 1. The molecule has 1 aromatic carbocycles. The predicted octanol–water partition coefficient (Wildman–Crippen LogP) is 2.23. The highest BCUT2D eigenvalue weighted by molar-refractivity contribution is 9.10. The third-order valence-electron chi connectivity index (χ3n) is 4.16. The van der Waals surface area contributed by atoms with Gasteiger partial charge in [-0.2, -0.15) is 5.10 Å². The molecule has 21 heavy (non-hydrogen) atoms. The highest BCUT2D eigenvalue weighted by atomic mass is 79.9. The number of carbonyl (C=O) groups excluding carboxylic acids is 1. The molecule has 6 heteroatoms. The van der Waals surface area contributed by atoms with Crippen molar-refractivity contribution < 1.29 is 9.53 Å². The summed E-state index contributed by atoms with van der Waals surface area (Å²) in [5, 5.41) is 7.04. The first-order valence-electron chi connectivity index (χ1n) is 6.94. The number of aromatic nitrogens is 2. The van der Waals surface area contributed by atoms with Crippen LogP contribution in [0.15, 0.2) is 28.9 Å². The smallest absolute Gasteiger partial charge is 0.234 e. The lowest BCUT2D eigenvalue weighted by atomic mass is 9.98. The maximum Gasteiger partial charge on any atom is 0.234 e. The Morgan fingerprint density at radius 3 is 3.29 bits per heavy atom. The van der Waals surface area contributed by atoms with Crippen LogP contribution in [0.3, 0.4) is 0 Å². The molecule has 0 bridgehead atoms. The van der Waals surface area contributed by atoms with Gasteiger partial charge in [0.15, 0.2) is 0 Å². The molecular formula is C15H14BrN3O2. The summed E-state index contributed by atoms with van der Waals surface area (Å²) in [6.07, 6.45) is 2.64. The molecule has 2 aliphatic heterocycles. The summed E-state index contributed by atoms with van der Waals surface area (Å²) in [5.41, 5.74) is 3.24. The fourth-order valence-electron chi connectivity index (χ4n) is 3.02. The number of hydrogen-bond acceptors (Lipinski definition) is 3. The van der Waals surface area contributed by atoms with Crippen molar-refractivity contribution in [2.45, 2.75) is 18.9 Å². The van der Waals surface area contributed by atoms with Gasteiger partial charge in [-0.15, -0.1) is 0 Å². The molecule has 0 radical (unpaired) electrons. The summed E-state index contributed by atoms with van der Waals surface area (Å²) in [7, 11) is 0. The van der Waals surface area contributed by atoms with E-state index in [0.717, 1.165) is 40.0 Å². The van der Waals surface area contributed by atoms with Crippen LogP contribution in [-0.2, 0) is 17.8 Å². The zero-order chi connectivity index (χ0) is 14.4. The number of ether oxygens (including phenoxy) is 1. The van der Waals surface area contributed by atoms with E-state index < -0.39 is 0 Å². The molecule has 5 nitrogen and oxygen atoms in total. The Morgan fingerprint density at radius 2 is 2.38 bits per heavy atom. The Morgan fingerprint density at radius 1 is 1.48 bits per heavy atom. The van der Waals surface area contributed by atoms with Gasteiger partial charge in [-0.25, -0.2) is 0 Å². The highest BCUT2D eigenvalue weighted by Gasteiger charge is 2.35. The van der Waals surface area contributed by atoms with E-state index >= 15 is 0 Å². The lowest BCUT2D eigenvalue weighted by Crippen LogP contribution is -2.39. The fourth-order valence-corrected chi connectivity index (χ4v) is 3.40. The predicted molar refractivity (Wildman–Crippen MR) is 80.1 cm³/mol. The second-order valence-electron chi connectivity index (χ2n) is 5.43. The molecule has 0 unspecified atom stereocenters. The van der Waals surface area contributed by atoms with Crippen LogP contribution in [0, 0.1) is 0 Å². The summed E-state index contributed by atoms with van der Waals surface area (Å²) >= 11 is 3.46. The summed E-state index contributed by atoms with van der Waals surface area (Å²) in [6, 6.07) is 5.83. The summed E-state index contributed by atoms with van der Waals surface area (Å²) in [5.74, 6) is 0.752. The molecule has 1 aromatic heterocycles. The number of H-pyrrole nitrogens is 1. The van der Waals surface area contributed by atoms with Gasteiger partial charge >= 0.3 is 0 Å². The molecule has 0 aliphatic carbocycles. The van der Waals surface area contributed by atoms with Crippen molar-refractivity contribution in [2.24, 2.45) is 0 Å². The van der Waals surface area contributed by atoms with E-state index in [1.165, 1.54) is 0 Å². The van der Waals surface area contributed by atoms with Crippen LogP contribution in [0.4, 0.5) is 0 Å². The van der Waals surface area contributed by atoms with E-state index in [1.807, 2.05) is 29.3 Å². The standard InChI is InChI=1S/C15H14BrN3O2/c16-10-1-2-14-11(5-10)12(8-21-14)15(20)19-4-3-13-9(7-19)6-17-18-13/h1-2,5-6,12H,3-4,7-8H2,(H,17,18)/t12-/m0/s1. The number of hydrogen-bond donors (Lipinski definition) is 1. The number of carbonyl (C=O) groups is 1. The minimum absolute atomic E-state index is 0.138. The van der Waals surface area contributed by atoms with Crippen LogP contribution >= 0.6 is 15.9 Å². The molecule has 1 N–H and O–H groups in total. The fraction of sp³-hybridized carbons (Fsp3) is 0.333. The van der Waals surface area contributed by atoms with Crippen LogP contribution in [0.5, 0.6) is 5.75 Å². The van der Waals surface area contributed by atoms with Crippen LogP contribution < -0.4 is 4.74 Å². The molecule has 0 spiro atoms. The number of rotatable bonds is 1. The van der Waals surface area contributed by atoms with Crippen molar-refractivity contribution in [1.82, 2.24) is 15.1 Å². The minimum Gasteiger partial charge on any atom is -0.492 e. The van der Waals surface area contributed by atoms with Crippen molar-refractivity contribution in [3.63, 3.8) is 0 Å².